The Morgan fingerprint density at radius 1 is 1.43 bits per heavy atom. The summed E-state index contributed by atoms with van der Waals surface area (Å²) in [6.45, 7) is 5.68. The molecule has 2 radical (unpaired) electrons. The first-order chi connectivity index (χ1) is 6.83. The summed E-state index contributed by atoms with van der Waals surface area (Å²) in [5.74, 6) is 0. The van der Waals surface area contributed by atoms with Crippen molar-refractivity contribution in [2.75, 3.05) is 33.5 Å². The van der Waals surface area contributed by atoms with Crippen LogP contribution in [0.2, 0.25) is 6.04 Å². The van der Waals surface area contributed by atoms with Crippen LogP contribution in [0.1, 0.15) is 19.8 Å². The lowest BCUT2D eigenvalue weighted by Crippen LogP contribution is -2.45. The van der Waals surface area contributed by atoms with Crippen LogP contribution in [0.15, 0.2) is 0 Å². The number of hydrogen-bond acceptors (Lipinski definition) is 3. The molecular formula is C10H20O3Si. The maximum Gasteiger partial charge on any atom is 0.229 e. The first-order valence-corrected chi connectivity index (χ1v) is 6.36. The van der Waals surface area contributed by atoms with Gasteiger partial charge in [-0.2, -0.15) is 0 Å². The highest BCUT2D eigenvalue weighted by Crippen LogP contribution is 2.31. The van der Waals surface area contributed by atoms with Gasteiger partial charge in [-0.1, -0.05) is 6.92 Å². The molecule has 4 heteroatoms. The van der Waals surface area contributed by atoms with Gasteiger partial charge in [0.2, 0.25) is 9.76 Å². The summed E-state index contributed by atoms with van der Waals surface area (Å²) < 4.78 is 15.9. The van der Waals surface area contributed by atoms with Crippen molar-refractivity contribution in [3.63, 3.8) is 0 Å². The molecule has 3 nitrogen and oxygen atoms in total. The Balaban J connectivity index is 1.92. The highest BCUT2D eigenvalue weighted by atomic mass is 28.2. The monoisotopic (exact) mass is 216 g/mol. The minimum Gasteiger partial charge on any atom is -0.421 e. The van der Waals surface area contributed by atoms with Gasteiger partial charge in [0.25, 0.3) is 0 Å². The maximum atomic E-state index is 5.65. The topological polar surface area (TPSA) is 27.7 Å². The molecule has 14 heavy (non-hydrogen) atoms. The fourth-order valence-corrected chi connectivity index (χ4v) is 1.91. The molecule has 1 aliphatic heterocycles. The molecule has 0 aliphatic carbocycles. The summed E-state index contributed by atoms with van der Waals surface area (Å²) in [5, 5.41) is 0. The highest BCUT2D eigenvalue weighted by Gasteiger charge is 2.36. The predicted octanol–water partition coefficient (Wildman–Crippen LogP) is 1.50. The van der Waals surface area contributed by atoms with Crippen LogP contribution in [-0.2, 0) is 13.9 Å². The van der Waals surface area contributed by atoms with E-state index in [4.69, 9.17) is 13.9 Å². The molecular weight excluding hydrogens is 196 g/mol. The zero-order valence-corrected chi connectivity index (χ0v) is 10.2. The van der Waals surface area contributed by atoms with Gasteiger partial charge in [0.05, 0.1) is 19.8 Å². The second-order valence-corrected chi connectivity index (χ2v) is 5.05. The maximum absolute atomic E-state index is 5.65. The normalized spacial score (nSPS) is 19.3. The third kappa shape index (κ3) is 3.69. The number of hydrogen-bond donors (Lipinski definition) is 0. The van der Waals surface area contributed by atoms with E-state index in [1.54, 1.807) is 7.11 Å². The molecule has 82 valence electrons. The van der Waals surface area contributed by atoms with E-state index in [9.17, 15) is 0 Å². The fraction of sp³-hybridized carbons (Fsp3) is 1.00. The van der Waals surface area contributed by atoms with Crippen molar-refractivity contribution in [1.82, 2.24) is 0 Å². The molecule has 0 spiro atoms. The van der Waals surface area contributed by atoms with Crippen LogP contribution in [0, 0.1) is 5.41 Å². The summed E-state index contributed by atoms with van der Waals surface area (Å²) in [5.41, 5.74) is 0.337. The van der Waals surface area contributed by atoms with E-state index in [1.165, 1.54) is 0 Å². The Morgan fingerprint density at radius 3 is 2.71 bits per heavy atom. The first kappa shape index (κ1) is 12.2. The zero-order valence-electron chi connectivity index (χ0n) is 9.17. The molecule has 0 amide bonds. The molecule has 1 saturated heterocycles. The first-order valence-electron chi connectivity index (χ1n) is 5.24. The van der Waals surface area contributed by atoms with E-state index >= 15 is 0 Å². The van der Waals surface area contributed by atoms with Crippen molar-refractivity contribution in [3.8, 4) is 0 Å². The van der Waals surface area contributed by atoms with Crippen molar-refractivity contribution < 1.29 is 13.9 Å². The minimum absolute atomic E-state index is 0.337. The number of rotatable bonds is 8. The molecule has 0 saturated carbocycles. The lowest BCUT2D eigenvalue weighted by atomic mass is 9.84. The van der Waals surface area contributed by atoms with Gasteiger partial charge in [-0.3, -0.25) is 0 Å². The van der Waals surface area contributed by atoms with Crippen molar-refractivity contribution in [2.24, 2.45) is 5.41 Å². The van der Waals surface area contributed by atoms with Crippen LogP contribution in [0.3, 0.4) is 0 Å². The zero-order chi connectivity index (χ0) is 10.3. The molecule has 0 atom stereocenters. The number of ether oxygens (including phenoxy) is 2. The van der Waals surface area contributed by atoms with Gasteiger partial charge in [-0.25, -0.2) is 0 Å². The summed E-state index contributed by atoms with van der Waals surface area (Å²) in [4.78, 5) is 0. The van der Waals surface area contributed by atoms with Gasteiger partial charge >= 0.3 is 0 Å². The third-order valence-corrected chi connectivity index (χ3v) is 3.53. The Kier molecular flexibility index (Phi) is 5.70. The SMILES string of the molecule is CCC1(COCCC[Si]OC)COC1. The Morgan fingerprint density at radius 2 is 2.21 bits per heavy atom. The van der Waals surface area contributed by atoms with Crippen molar-refractivity contribution in [2.45, 2.75) is 25.8 Å². The van der Waals surface area contributed by atoms with E-state index in [0.29, 0.717) is 15.2 Å². The van der Waals surface area contributed by atoms with Crippen molar-refractivity contribution >= 4 is 9.76 Å². The fourth-order valence-electron chi connectivity index (χ4n) is 1.42. The summed E-state index contributed by atoms with van der Waals surface area (Å²) in [7, 11) is 2.37. The molecule has 1 rings (SSSR count). The lowest BCUT2D eigenvalue weighted by molar-refractivity contribution is -0.150. The van der Waals surface area contributed by atoms with E-state index < -0.39 is 0 Å². The van der Waals surface area contributed by atoms with Crippen LogP contribution in [0.4, 0.5) is 0 Å². The summed E-state index contributed by atoms with van der Waals surface area (Å²) in [6.07, 6.45) is 2.26. The van der Waals surface area contributed by atoms with Gasteiger partial charge < -0.3 is 13.9 Å². The molecule has 0 unspecified atom stereocenters. The molecule has 1 fully saturated rings. The molecule has 1 aliphatic rings. The minimum atomic E-state index is 0.337. The van der Waals surface area contributed by atoms with Crippen molar-refractivity contribution in [3.05, 3.63) is 0 Å². The van der Waals surface area contributed by atoms with Crippen LogP contribution in [0.5, 0.6) is 0 Å². The van der Waals surface area contributed by atoms with Gasteiger partial charge in [0, 0.05) is 19.1 Å². The Hall–Kier alpha value is 0.0969. The Bertz CT molecular complexity index is 143. The predicted molar refractivity (Wildman–Crippen MR) is 56.5 cm³/mol. The molecule has 1 heterocycles. The van der Waals surface area contributed by atoms with Gasteiger partial charge in [-0.05, 0) is 18.9 Å². The molecule has 0 aromatic heterocycles. The second kappa shape index (κ2) is 6.56. The standard InChI is InChI=1S/C10H20O3Si/c1-3-10(8-13-9-10)7-12-5-4-6-14-11-2/h3-9H2,1-2H3. The van der Waals surface area contributed by atoms with Crippen LogP contribution in [-0.4, -0.2) is 43.3 Å². The van der Waals surface area contributed by atoms with Gasteiger partial charge in [0.15, 0.2) is 0 Å². The van der Waals surface area contributed by atoms with Crippen LogP contribution < -0.4 is 0 Å². The highest BCUT2D eigenvalue weighted by molar-refractivity contribution is 6.26. The largest absolute Gasteiger partial charge is 0.421 e. The molecule has 0 aromatic rings. The lowest BCUT2D eigenvalue weighted by Gasteiger charge is -2.40. The molecule has 0 N–H and O–H groups in total. The van der Waals surface area contributed by atoms with E-state index in [1.807, 2.05) is 0 Å². The van der Waals surface area contributed by atoms with Crippen molar-refractivity contribution in [1.29, 1.82) is 0 Å². The average molecular weight is 216 g/mol. The summed E-state index contributed by atoms with van der Waals surface area (Å²) in [6, 6.07) is 1.12. The second-order valence-electron chi connectivity index (χ2n) is 3.85. The average Bonchev–Trinajstić information content (AvgIpc) is 2.15. The van der Waals surface area contributed by atoms with E-state index in [-0.39, 0.29) is 0 Å². The van der Waals surface area contributed by atoms with E-state index in [0.717, 1.165) is 45.3 Å². The third-order valence-electron chi connectivity index (χ3n) is 2.69. The van der Waals surface area contributed by atoms with Gasteiger partial charge in [0.1, 0.15) is 0 Å². The smallest absolute Gasteiger partial charge is 0.229 e. The van der Waals surface area contributed by atoms with Gasteiger partial charge in [-0.15, -0.1) is 0 Å². The quantitative estimate of drug-likeness (QED) is 0.454. The van der Waals surface area contributed by atoms with Crippen LogP contribution in [0.25, 0.3) is 0 Å². The molecule has 0 bridgehead atoms. The van der Waals surface area contributed by atoms with E-state index in [2.05, 4.69) is 6.92 Å². The van der Waals surface area contributed by atoms with Crippen LogP contribution >= 0.6 is 0 Å². The Labute approximate surface area is 89.1 Å². The summed E-state index contributed by atoms with van der Waals surface area (Å²) >= 11 is 0. The molecule has 0 aromatic carbocycles.